The standard InChI is InChI=1S/C9H13BrClNO2S/c1-13-8(14-2)5-12-4-6-3-7(10)9(11)15-6/h3,8,12H,4-5H2,1-2H3. The fourth-order valence-electron chi connectivity index (χ4n) is 1.05. The molecule has 0 amide bonds. The molecule has 0 aliphatic rings. The van der Waals surface area contributed by atoms with Crippen LogP contribution in [0.4, 0.5) is 0 Å². The molecular weight excluding hydrogens is 302 g/mol. The van der Waals surface area contributed by atoms with E-state index in [1.807, 2.05) is 6.07 Å². The van der Waals surface area contributed by atoms with Crippen molar-refractivity contribution in [2.45, 2.75) is 12.8 Å². The lowest BCUT2D eigenvalue weighted by Crippen LogP contribution is -2.29. The first kappa shape index (κ1) is 13.4. The van der Waals surface area contributed by atoms with Gasteiger partial charge in [0.15, 0.2) is 6.29 Å². The second-order valence-corrected chi connectivity index (χ2v) is 5.46. The molecule has 1 N–H and O–H groups in total. The average molecular weight is 315 g/mol. The third-order valence-corrected chi connectivity index (χ3v) is 4.31. The summed E-state index contributed by atoms with van der Waals surface area (Å²) in [6, 6.07) is 2.01. The predicted octanol–water partition coefficient (Wildman–Crippen LogP) is 2.87. The zero-order valence-corrected chi connectivity index (χ0v) is 11.7. The second-order valence-electron chi connectivity index (χ2n) is 2.87. The predicted molar refractivity (Wildman–Crippen MR) is 66.5 cm³/mol. The van der Waals surface area contributed by atoms with Crippen molar-refractivity contribution in [3.63, 3.8) is 0 Å². The van der Waals surface area contributed by atoms with Crippen molar-refractivity contribution in [1.82, 2.24) is 5.32 Å². The molecule has 0 atom stereocenters. The minimum atomic E-state index is -0.205. The number of thiophene rings is 1. The summed E-state index contributed by atoms with van der Waals surface area (Å²) in [7, 11) is 3.24. The number of hydrogen-bond acceptors (Lipinski definition) is 4. The van der Waals surface area contributed by atoms with Gasteiger partial charge in [0, 0.05) is 36.7 Å². The molecule has 1 aromatic heterocycles. The lowest BCUT2D eigenvalue weighted by atomic mass is 10.4. The summed E-state index contributed by atoms with van der Waals surface area (Å²) in [5.74, 6) is 0. The van der Waals surface area contributed by atoms with Gasteiger partial charge in [-0.25, -0.2) is 0 Å². The molecule has 0 radical (unpaired) electrons. The monoisotopic (exact) mass is 313 g/mol. The van der Waals surface area contributed by atoms with Crippen LogP contribution in [0.2, 0.25) is 4.34 Å². The summed E-state index contributed by atoms with van der Waals surface area (Å²) >= 11 is 10.8. The highest BCUT2D eigenvalue weighted by Crippen LogP contribution is 2.31. The van der Waals surface area contributed by atoms with E-state index in [2.05, 4.69) is 21.2 Å². The summed E-state index contributed by atoms with van der Waals surface area (Å²) in [5.41, 5.74) is 0. The lowest BCUT2D eigenvalue weighted by molar-refractivity contribution is -0.0988. The van der Waals surface area contributed by atoms with E-state index >= 15 is 0 Å². The minimum absolute atomic E-state index is 0.205. The molecule has 0 aliphatic heterocycles. The Hall–Kier alpha value is 0.350. The van der Waals surface area contributed by atoms with Crippen LogP contribution in [-0.4, -0.2) is 27.1 Å². The van der Waals surface area contributed by atoms with Gasteiger partial charge in [0.25, 0.3) is 0 Å². The van der Waals surface area contributed by atoms with E-state index < -0.39 is 0 Å². The number of hydrogen-bond donors (Lipinski definition) is 1. The lowest BCUT2D eigenvalue weighted by Gasteiger charge is -2.13. The first-order chi connectivity index (χ1) is 7.17. The average Bonchev–Trinajstić information content (AvgIpc) is 2.53. The normalized spacial score (nSPS) is 11.3. The third kappa shape index (κ3) is 4.38. The SMILES string of the molecule is COC(CNCc1cc(Br)c(Cl)s1)OC. The second kappa shape index (κ2) is 6.83. The molecule has 1 rings (SSSR count). The molecule has 86 valence electrons. The number of rotatable bonds is 6. The van der Waals surface area contributed by atoms with Crippen LogP contribution in [0, 0.1) is 0 Å². The van der Waals surface area contributed by atoms with E-state index in [1.165, 1.54) is 4.88 Å². The van der Waals surface area contributed by atoms with Gasteiger partial charge < -0.3 is 14.8 Å². The summed E-state index contributed by atoms with van der Waals surface area (Å²) in [4.78, 5) is 1.18. The van der Waals surface area contributed by atoms with Crippen LogP contribution in [0.3, 0.4) is 0 Å². The molecule has 15 heavy (non-hydrogen) atoms. The van der Waals surface area contributed by atoms with Crippen LogP contribution in [0.1, 0.15) is 4.88 Å². The van der Waals surface area contributed by atoms with E-state index in [4.69, 9.17) is 21.1 Å². The van der Waals surface area contributed by atoms with Crippen LogP contribution < -0.4 is 5.32 Å². The zero-order chi connectivity index (χ0) is 11.3. The van der Waals surface area contributed by atoms with Gasteiger partial charge in [-0.15, -0.1) is 11.3 Å². The number of halogens is 2. The summed E-state index contributed by atoms with van der Waals surface area (Å²) < 4.78 is 11.8. The smallest absolute Gasteiger partial charge is 0.169 e. The fourth-order valence-corrected chi connectivity index (χ4v) is 2.81. The Bertz CT molecular complexity index is 285. The van der Waals surface area contributed by atoms with E-state index in [9.17, 15) is 0 Å². The van der Waals surface area contributed by atoms with Crippen LogP contribution in [0.15, 0.2) is 10.5 Å². The van der Waals surface area contributed by atoms with Crippen molar-refractivity contribution >= 4 is 38.9 Å². The first-order valence-corrected chi connectivity index (χ1v) is 6.36. The van der Waals surface area contributed by atoms with Crippen molar-refractivity contribution in [1.29, 1.82) is 0 Å². The quantitative estimate of drug-likeness (QED) is 0.819. The first-order valence-electron chi connectivity index (χ1n) is 4.37. The number of ether oxygens (including phenoxy) is 2. The maximum Gasteiger partial charge on any atom is 0.169 e. The van der Waals surface area contributed by atoms with Gasteiger partial charge in [0.05, 0.1) is 0 Å². The van der Waals surface area contributed by atoms with Crippen molar-refractivity contribution in [2.24, 2.45) is 0 Å². The minimum Gasteiger partial charge on any atom is -0.355 e. The Labute approximate surface area is 107 Å². The highest BCUT2D eigenvalue weighted by Gasteiger charge is 2.06. The van der Waals surface area contributed by atoms with Gasteiger partial charge in [-0.05, 0) is 22.0 Å². The summed E-state index contributed by atoms with van der Waals surface area (Å²) in [6.07, 6.45) is -0.205. The molecule has 1 aromatic rings. The maximum absolute atomic E-state index is 5.92. The van der Waals surface area contributed by atoms with Gasteiger partial charge in [0.1, 0.15) is 4.34 Å². The van der Waals surface area contributed by atoms with Gasteiger partial charge in [-0.2, -0.15) is 0 Å². The molecule has 3 nitrogen and oxygen atoms in total. The summed E-state index contributed by atoms with van der Waals surface area (Å²) in [6.45, 7) is 1.42. The molecular formula is C9H13BrClNO2S. The molecule has 6 heteroatoms. The highest BCUT2D eigenvalue weighted by molar-refractivity contribution is 9.10. The molecule has 0 spiro atoms. The van der Waals surface area contributed by atoms with Crippen molar-refractivity contribution in [2.75, 3.05) is 20.8 Å². The van der Waals surface area contributed by atoms with E-state index in [0.717, 1.165) is 15.4 Å². The molecule has 0 saturated carbocycles. The van der Waals surface area contributed by atoms with Crippen LogP contribution in [-0.2, 0) is 16.0 Å². The van der Waals surface area contributed by atoms with Crippen LogP contribution >= 0.6 is 38.9 Å². The highest BCUT2D eigenvalue weighted by atomic mass is 79.9. The Balaban J connectivity index is 2.31. The maximum atomic E-state index is 5.92. The Morgan fingerprint density at radius 1 is 1.53 bits per heavy atom. The van der Waals surface area contributed by atoms with Crippen molar-refractivity contribution in [3.8, 4) is 0 Å². The van der Waals surface area contributed by atoms with Crippen LogP contribution in [0.25, 0.3) is 0 Å². The van der Waals surface area contributed by atoms with Gasteiger partial charge in [-0.3, -0.25) is 0 Å². The molecule has 0 bridgehead atoms. The fraction of sp³-hybridized carbons (Fsp3) is 0.556. The Kier molecular flexibility index (Phi) is 6.11. The van der Waals surface area contributed by atoms with Gasteiger partial charge >= 0.3 is 0 Å². The molecule has 0 saturated heterocycles. The number of methoxy groups -OCH3 is 2. The third-order valence-electron chi connectivity index (χ3n) is 1.83. The molecule has 0 aliphatic carbocycles. The molecule has 0 unspecified atom stereocenters. The Morgan fingerprint density at radius 3 is 2.67 bits per heavy atom. The molecule has 1 heterocycles. The van der Waals surface area contributed by atoms with Crippen LogP contribution in [0.5, 0.6) is 0 Å². The zero-order valence-electron chi connectivity index (χ0n) is 8.55. The van der Waals surface area contributed by atoms with Crippen molar-refractivity contribution < 1.29 is 9.47 Å². The van der Waals surface area contributed by atoms with Gasteiger partial charge in [0.2, 0.25) is 0 Å². The van der Waals surface area contributed by atoms with E-state index in [1.54, 1.807) is 25.6 Å². The van der Waals surface area contributed by atoms with E-state index in [0.29, 0.717) is 6.54 Å². The summed E-state index contributed by atoms with van der Waals surface area (Å²) in [5, 5.41) is 3.23. The largest absolute Gasteiger partial charge is 0.355 e. The van der Waals surface area contributed by atoms with Crippen molar-refractivity contribution in [3.05, 3.63) is 19.8 Å². The topological polar surface area (TPSA) is 30.5 Å². The Morgan fingerprint density at radius 2 is 2.20 bits per heavy atom. The van der Waals surface area contributed by atoms with Gasteiger partial charge in [-0.1, -0.05) is 11.6 Å². The molecule has 0 aromatic carbocycles. The molecule has 0 fully saturated rings. The number of nitrogens with one attached hydrogen (secondary N) is 1. The van der Waals surface area contributed by atoms with E-state index in [-0.39, 0.29) is 6.29 Å².